The Morgan fingerprint density at radius 3 is 2.25 bits per heavy atom. The molecule has 0 bridgehead atoms. The van der Waals surface area contributed by atoms with Gasteiger partial charge in [0.2, 0.25) is 5.91 Å². The zero-order valence-corrected chi connectivity index (χ0v) is 11.2. The fraction of sp³-hybridized carbons (Fsp3) is 0.917. The minimum atomic E-state index is 0.0106. The van der Waals surface area contributed by atoms with E-state index in [1.807, 2.05) is 28.1 Å². The zero-order valence-electron chi connectivity index (χ0n) is 11.2. The molecule has 16 heavy (non-hydrogen) atoms. The van der Waals surface area contributed by atoms with E-state index >= 15 is 0 Å². The molecule has 94 valence electrons. The van der Waals surface area contributed by atoms with Gasteiger partial charge in [0.05, 0.1) is 6.04 Å². The Kier molecular flexibility index (Phi) is 4.33. The first kappa shape index (κ1) is 13.5. The highest BCUT2D eigenvalue weighted by atomic mass is 16.2. The van der Waals surface area contributed by atoms with Crippen molar-refractivity contribution in [1.82, 2.24) is 15.1 Å². The predicted octanol–water partition coefficient (Wildman–Crippen LogP) is 0.537. The molecule has 1 heterocycles. The Morgan fingerprint density at radius 1 is 1.38 bits per heavy atom. The van der Waals surface area contributed by atoms with E-state index in [0.29, 0.717) is 0 Å². The van der Waals surface area contributed by atoms with Gasteiger partial charge in [0, 0.05) is 32.7 Å². The lowest BCUT2D eigenvalue weighted by Gasteiger charge is -2.41. The highest BCUT2D eigenvalue weighted by Crippen LogP contribution is 2.22. The Balaban J connectivity index is 2.51. The van der Waals surface area contributed by atoms with Crippen LogP contribution in [0.3, 0.4) is 0 Å². The lowest BCUT2D eigenvalue weighted by atomic mass is 9.89. The third-order valence-corrected chi connectivity index (χ3v) is 3.85. The summed E-state index contributed by atoms with van der Waals surface area (Å²) in [6.07, 6.45) is 2.21. The maximum absolute atomic E-state index is 11.8. The van der Waals surface area contributed by atoms with Crippen LogP contribution in [0.2, 0.25) is 0 Å². The number of hydrogen-bond donors (Lipinski definition) is 1. The average molecular weight is 227 g/mol. The quantitative estimate of drug-likeness (QED) is 0.764. The topological polar surface area (TPSA) is 35.6 Å². The molecule has 1 aliphatic rings. The first-order valence-corrected chi connectivity index (χ1v) is 6.04. The van der Waals surface area contributed by atoms with Crippen molar-refractivity contribution in [2.75, 3.05) is 34.2 Å². The monoisotopic (exact) mass is 227 g/mol. The summed E-state index contributed by atoms with van der Waals surface area (Å²) in [5, 5.41) is 3.37. The molecule has 0 saturated carbocycles. The van der Waals surface area contributed by atoms with E-state index in [1.54, 1.807) is 4.90 Å². The molecule has 0 aromatic heterocycles. The number of piperidine rings is 1. The van der Waals surface area contributed by atoms with Crippen LogP contribution in [0.25, 0.3) is 0 Å². The zero-order chi connectivity index (χ0) is 12.3. The molecule has 1 N–H and O–H groups in total. The van der Waals surface area contributed by atoms with E-state index in [4.69, 9.17) is 0 Å². The van der Waals surface area contributed by atoms with Gasteiger partial charge < -0.3 is 10.2 Å². The van der Waals surface area contributed by atoms with Crippen LogP contribution in [0.15, 0.2) is 0 Å². The highest BCUT2D eigenvalue weighted by molar-refractivity contribution is 5.80. The molecule has 4 heteroatoms. The molecule has 0 aromatic rings. The van der Waals surface area contributed by atoms with Gasteiger partial charge in [0.15, 0.2) is 0 Å². The van der Waals surface area contributed by atoms with Gasteiger partial charge in [-0.2, -0.15) is 0 Å². The van der Waals surface area contributed by atoms with Crippen LogP contribution < -0.4 is 5.32 Å². The van der Waals surface area contributed by atoms with Crippen molar-refractivity contribution < 1.29 is 4.79 Å². The SMILES string of the molecule is CNC1(C)CCN(C(C)C(=O)N(C)C)CC1. The van der Waals surface area contributed by atoms with Crippen molar-refractivity contribution in [2.45, 2.75) is 38.3 Å². The van der Waals surface area contributed by atoms with Crippen molar-refractivity contribution in [3.63, 3.8) is 0 Å². The molecule has 1 rings (SSSR count). The van der Waals surface area contributed by atoms with E-state index in [2.05, 4.69) is 17.1 Å². The minimum Gasteiger partial charge on any atom is -0.347 e. The largest absolute Gasteiger partial charge is 0.347 e. The van der Waals surface area contributed by atoms with Crippen molar-refractivity contribution in [3.8, 4) is 0 Å². The third-order valence-electron chi connectivity index (χ3n) is 3.85. The van der Waals surface area contributed by atoms with Gasteiger partial charge in [-0.1, -0.05) is 0 Å². The second-order valence-electron chi connectivity index (χ2n) is 5.26. The van der Waals surface area contributed by atoms with E-state index in [-0.39, 0.29) is 17.5 Å². The van der Waals surface area contributed by atoms with Crippen molar-refractivity contribution in [3.05, 3.63) is 0 Å². The molecule has 0 spiro atoms. The van der Waals surface area contributed by atoms with Gasteiger partial charge in [-0.3, -0.25) is 9.69 Å². The van der Waals surface area contributed by atoms with Gasteiger partial charge in [-0.05, 0) is 33.7 Å². The molecule has 0 radical (unpaired) electrons. The van der Waals surface area contributed by atoms with Gasteiger partial charge in [0.25, 0.3) is 0 Å². The van der Waals surface area contributed by atoms with Crippen molar-refractivity contribution in [2.24, 2.45) is 0 Å². The maximum Gasteiger partial charge on any atom is 0.239 e. The van der Waals surface area contributed by atoms with Crippen molar-refractivity contribution >= 4 is 5.91 Å². The summed E-state index contributed by atoms with van der Waals surface area (Å²) in [6.45, 7) is 6.25. The van der Waals surface area contributed by atoms with Crippen LogP contribution in [-0.2, 0) is 4.79 Å². The van der Waals surface area contributed by atoms with Gasteiger partial charge >= 0.3 is 0 Å². The standard InChI is InChI=1S/C12H25N3O/c1-10(11(16)14(4)5)15-8-6-12(2,13-3)7-9-15/h10,13H,6-9H2,1-5H3. The van der Waals surface area contributed by atoms with E-state index < -0.39 is 0 Å². The number of likely N-dealkylation sites (N-methyl/N-ethyl adjacent to an activating group) is 1. The van der Waals surface area contributed by atoms with Crippen molar-refractivity contribution in [1.29, 1.82) is 0 Å². The molecule has 0 aliphatic carbocycles. The van der Waals surface area contributed by atoms with Gasteiger partial charge in [0.1, 0.15) is 0 Å². The first-order chi connectivity index (χ1) is 7.39. The smallest absolute Gasteiger partial charge is 0.239 e. The second kappa shape index (κ2) is 5.15. The molecule has 1 aliphatic heterocycles. The van der Waals surface area contributed by atoms with E-state index in [9.17, 15) is 4.79 Å². The first-order valence-electron chi connectivity index (χ1n) is 6.04. The molecule has 1 atom stereocenters. The predicted molar refractivity (Wildman–Crippen MR) is 66.4 cm³/mol. The fourth-order valence-corrected chi connectivity index (χ4v) is 2.18. The maximum atomic E-state index is 11.8. The van der Waals surface area contributed by atoms with E-state index in [0.717, 1.165) is 25.9 Å². The average Bonchev–Trinajstić information content (AvgIpc) is 2.28. The number of amides is 1. The van der Waals surface area contributed by atoms with Crippen LogP contribution in [0.1, 0.15) is 26.7 Å². The Bertz CT molecular complexity index is 245. The fourth-order valence-electron chi connectivity index (χ4n) is 2.18. The number of carbonyl (C=O) groups is 1. The molecular weight excluding hydrogens is 202 g/mol. The van der Waals surface area contributed by atoms with Crippen LogP contribution in [0, 0.1) is 0 Å². The normalized spacial score (nSPS) is 22.8. The summed E-state index contributed by atoms with van der Waals surface area (Å²) >= 11 is 0. The molecule has 0 aromatic carbocycles. The molecule has 1 unspecified atom stereocenters. The van der Waals surface area contributed by atoms with Gasteiger partial charge in [-0.15, -0.1) is 0 Å². The van der Waals surface area contributed by atoms with Crippen LogP contribution >= 0.6 is 0 Å². The Hall–Kier alpha value is -0.610. The third kappa shape index (κ3) is 2.95. The van der Waals surface area contributed by atoms with Gasteiger partial charge in [-0.25, -0.2) is 0 Å². The number of nitrogens with one attached hydrogen (secondary N) is 1. The number of rotatable bonds is 3. The molecular formula is C12H25N3O. The number of nitrogens with zero attached hydrogens (tertiary/aromatic N) is 2. The lowest BCUT2D eigenvalue weighted by Crippen LogP contribution is -2.54. The molecule has 1 saturated heterocycles. The minimum absolute atomic E-state index is 0.0106. The summed E-state index contributed by atoms with van der Waals surface area (Å²) in [6, 6.07) is 0.0106. The van der Waals surface area contributed by atoms with Crippen LogP contribution in [0.5, 0.6) is 0 Å². The summed E-state index contributed by atoms with van der Waals surface area (Å²) < 4.78 is 0. The number of carbonyl (C=O) groups excluding carboxylic acids is 1. The summed E-state index contributed by atoms with van der Waals surface area (Å²) in [7, 11) is 5.66. The Morgan fingerprint density at radius 2 is 1.88 bits per heavy atom. The van der Waals surface area contributed by atoms with E-state index in [1.165, 1.54) is 0 Å². The molecule has 1 fully saturated rings. The van der Waals surface area contributed by atoms with Crippen LogP contribution in [-0.4, -0.2) is 61.5 Å². The summed E-state index contributed by atoms with van der Waals surface area (Å²) in [4.78, 5) is 15.8. The van der Waals surface area contributed by atoms with Crippen LogP contribution in [0.4, 0.5) is 0 Å². The summed E-state index contributed by atoms with van der Waals surface area (Å²) in [5.74, 6) is 0.202. The number of hydrogen-bond acceptors (Lipinski definition) is 3. The molecule has 4 nitrogen and oxygen atoms in total. The summed E-state index contributed by atoms with van der Waals surface area (Å²) in [5.41, 5.74) is 0.247. The Labute approximate surface area is 99.0 Å². The molecule has 1 amide bonds. The lowest BCUT2D eigenvalue weighted by molar-refractivity contribution is -0.134. The number of likely N-dealkylation sites (tertiary alicyclic amines) is 1. The second-order valence-corrected chi connectivity index (χ2v) is 5.26. The highest BCUT2D eigenvalue weighted by Gasteiger charge is 2.32.